The van der Waals surface area contributed by atoms with Crippen LogP contribution in [0.4, 0.5) is 17.1 Å². The molecule has 1 aromatic rings. The molecule has 0 aliphatic carbocycles. The first-order chi connectivity index (χ1) is 10.4. The first-order valence-corrected chi connectivity index (χ1v) is 8.53. The molecule has 0 atom stereocenters. The summed E-state index contributed by atoms with van der Waals surface area (Å²) in [4.78, 5) is 7.35. The van der Waals surface area contributed by atoms with Crippen molar-refractivity contribution in [3.63, 3.8) is 0 Å². The first kappa shape index (κ1) is 15.5. The summed E-state index contributed by atoms with van der Waals surface area (Å²) < 4.78 is 0. The summed E-state index contributed by atoms with van der Waals surface area (Å²) in [5, 5.41) is 0. The summed E-state index contributed by atoms with van der Waals surface area (Å²) in [7, 11) is 2.20. The van der Waals surface area contributed by atoms with Crippen LogP contribution in [0, 0.1) is 5.41 Å². The first-order valence-electron chi connectivity index (χ1n) is 8.53. The fourth-order valence-electron chi connectivity index (χ4n) is 3.42. The molecular weight excluding hydrogens is 272 g/mol. The summed E-state index contributed by atoms with van der Waals surface area (Å²) in [5.74, 6) is 0. The van der Waals surface area contributed by atoms with Gasteiger partial charge in [-0.25, -0.2) is 0 Å². The fourth-order valence-corrected chi connectivity index (χ4v) is 3.42. The lowest BCUT2D eigenvalue weighted by atomic mass is 9.82. The van der Waals surface area contributed by atoms with E-state index in [0.29, 0.717) is 5.41 Å². The highest BCUT2D eigenvalue weighted by Crippen LogP contribution is 2.36. The molecule has 2 N–H and O–H groups in total. The molecule has 4 heteroatoms. The van der Waals surface area contributed by atoms with Crippen molar-refractivity contribution in [3.8, 4) is 0 Å². The van der Waals surface area contributed by atoms with Gasteiger partial charge in [-0.15, -0.1) is 0 Å². The minimum Gasteiger partial charge on any atom is -0.397 e. The van der Waals surface area contributed by atoms with Crippen LogP contribution in [0.1, 0.15) is 26.7 Å². The molecule has 0 saturated carbocycles. The number of nitrogens with two attached hydrogens (primary N) is 1. The van der Waals surface area contributed by atoms with Gasteiger partial charge in [-0.3, -0.25) is 0 Å². The van der Waals surface area contributed by atoms with Crippen molar-refractivity contribution in [1.82, 2.24) is 4.90 Å². The van der Waals surface area contributed by atoms with Gasteiger partial charge in [0, 0.05) is 45.0 Å². The van der Waals surface area contributed by atoms with Gasteiger partial charge in [0.05, 0.1) is 11.4 Å². The predicted octanol–water partition coefficient (Wildman–Crippen LogP) is 2.65. The van der Waals surface area contributed by atoms with Crippen LogP contribution in [-0.4, -0.2) is 51.2 Å². The molecule has 2 aliphatic rings. The van der Waals surface area contributed by atoms with E-state index in [4.69, 9.17) is 5.73 Å². The van der Waals surface area contributed by atoms with E-state index in [1.807, 2.05) is 0 Å². The van der Waals surface area contributed by atoms with Crippen molar-refractivity contribution >= 4 is 17.1 Å². The van der Waals surface area contributed by atoms with Crippen LogP contribution in [0.25, 0.3) is 0 Å². The van der Waals surface area contributed by atoms with Crippen molar-refractivity contribution < 1.29 is 0 Å². The van der Waals surface area contributed by atoms with Crippen molar-refractivity contribution in [2.75, 3.05) is 61.8 Å². The van der Waals surface area contributed by atoms with E-state index in [1.165, 1.54) is 24.2 Å². The molecule has 2 fully saturated rings. The van der Waals surface area contributed by atoms with E-state index in [1.54, 1.807) is 0 Å². The number of nitrogens with zero attached hydrogens (tertiary/aromatic N) is 3. The molecule has 0 spiro atoms. The van der Waals surface area contributed by atoms with Crippen LogP contribution >= 0.6 is 0 Å². The van der Waals surface area contributed by atoms with Gasteiger partial charge >= 0.3 is 0 Å². The molecule has 0 aromatic heterocycles. The van der Waals surface area contributed by atoms with E-state index in [2.05, 4.69) is 53.8 Å². The van der Waals surface area contributed by atoms with Gasteiger partial charge in [-0.05, 0) is 43.5 Å². The number of piperazine rings is 1. The maximum atomic E-state index is 6.27. The number of anilines is 3. The molecular formula is C18H30N4. The van der Waals surface area contributed by atoms with E-state index >= 15 is 0 Å². The second-order valence-corrected chi connectivity index (χ2v) is 7.68. The predicted molar refractivity (Wildman–Crippen MR) is 95.8 cm³/mol. The number of benzene rings is 1. The average Bonchev–Trinajstić information content (AvgIpc) is 2.49. The fraction of sp³-hybridized carbons (Fsp3) is 0.667. The Morgan fingerprint density at radius 1 is 0.909 bits per heavy atom. The average molecular weight is 302 g/mol. The SMILES string of the molecule is CN1CCN(c2ccc(N)c(N3CCC(C)(C)CC3)c2)CC1. The molecule has 122 valence electrons. The third-order valence-corrected chi connectivity index (χ3v) is 5.34. The molecule has 0 unspecified atom stereocenters. The highest BCUT2D eigenvalue weighted by molar-refractivity contribution is 5.73. The van der Waals surface area contributed by atoms with E-state index in [-0.39, 0.29) is 0 Å². The topological polar surface area (TPSA) is 35.7 Å². The second kappa shape index (κ2) is 5.99. The van der Waals surface area contributed by atoms with Gasteiger partial charge in [0.25, 0.3) is 0 Å². The third kappa shape index (κ3) is 3.32. The number of hydrogen-bond donors (Lipinski definition) is 1. The van der Waals surface area contributed by atoms with Gasteiger partial charge < -0.3 is 20.4 Å². The van der Waals surface area contributed by atoms with Crippen LogP contribution in [0.15, 0.2) is 18.2 Å². The molecule has 2 heterocycles. The third-order valence-electron chi connectivity index (χ3n) is 5.34. The minimum absolute atomic E-state index is 0.473. The normalized spacial score (nSPS) is 22.9. The number of likely N-dealkylation sites (N-methyl/N-ethyl adjacent to an activating group) is 1. The van der Waals surface area contributed by atoms with E-state index < -0.39 is 0 Å². The number of rotatable bonds is 2. The molecule has 4 nitrogen and oxygen atoms in total. The zero-order valence-corrected chi connectivity index (χ0v) is 14.3. The minimum atomic E-state index is 0.473. The molecule has 0 bridgehead atoms. The van der Waals surface area contributed by atoms with Crippen molar-refractivity contribution in [3.05, 3.63) is 18.2 Å². The maximum absolute atomic E-state index is 6.27. The summed E-state index contributed by atoms with van der Waals surface area (Å²) >= 11 is 0. The zero-order chi connectivity index (χ0) is 15.7. The van der Waals surface area contributed by atoms with Crippen molar-refractivity contribution in [2.24, 2.45) is 5.41 Å². The maximum Gasteiger partial charge on any atom is 0.0620 e. The Balaban J connectivity index is 1.76. The number of hydrogen-bond acceptors (Lipinski definition) is 4. The highest BCUT2D eigenvalue weighted by atomic mass is 15.2. The molecule has 2 saturated heterocycles. The number of nitrogen functional groups attached to an aromatic ring is 1. The lowest BCUT2D eigenvalue weighted by Crippen LogP contribution is -2.44. The molecule has 0 amide bonds. The van der Waals surface area contributed by atoms with Crippen molar-refractivity contribution in [1.29, 1.82) is 0 Å². The van der Waals surface area contributed by atoms with Gasteiger partial charge in [-0.2, -0.15) is 0 Å². The summed E-state index contributed by atoms with van der Waals surface area (Å²) in [6.07, 6.45) is 2.48. The van der Waals surface area contributed by atoms with E-state index in [0.717, 1.165) is 45.0 Å². The van der Waals surface area contributed by atoms with Crippen molar-refractivity contribution in [2.45, 2.75) is 26.7 Å². The van der Waals surface area contributed by atoms with E-state index in [9.17, 15) is 0 Å². The zero-order valence-electron chi connectivity index (χ0n) is 14.3. The Morgan fingerprint density at radius 2 is 1.55 bits per heavy atom. The van der Waals surface area contributed by atoms with Crippen LogP contribution in [0.5, 0.6) is 0 Å². The monoisotopic (exact) mass is 302 g/mol. The Hall–Kier alpha value is -1.42. The molecule has 2 aliphatic heterocycles. The second-order valence-electron chi connectivity index (χ2n) is 7.68. The Morgan fingerprint density at radius 3 is 2.18 bits per heavy atom. The largest absolute Gasteiger partial charge is 0.397 e. The number of piperidine rings is 1. The van der Waals surface area contributed by atoms with Crippen LogP contribution < -0.4 is 15.5 Å². The summed E-state index contributed by atoms with van der Waals surface area (Å²) in [6, 6.07) is 6.57. The lowest BCUT2D eigenvalue weighted by Gasteiger charge is -2.39. The van der Waals surface area contributed by atoms with Gasteiger partial charge in [0.2, 0.25) is 0 Å². The van der Waals surface area contributed by atoms with Gasteiger partial charge in [-0.1, -0.05) is 13.8 Å². The molecule has 3 rings (SSSR count). The molecule has 22 heavy (non-hydrogen) atoms. The highest BCUT2D eigenvalue weighted by Gasteiger charge is 2.26. The van der Waals surface area contributed by atoms with Gasteiger partial charge in [0.1, 0.15) is 0 Å². The standard InChI is InChI=1S/C18H30N4/c1-18(2)6-8-22(9-7-18)17-14-15(4-5-16(17)19)21-12-10-20(3)11-13-21/h4-5,14H,6-13,19H2,1-3H3. The van der Waals surface area contributed by atoms with Crippen LogP contribution in [0.3, 0.4) is 0 Å². The van der Waals surface area contributed by atoms with Gasteiger partial charge in [0.15, 0.2) is 0 Å². The quantitative estimate of drug-likeness (QED) is 0.852. The Bertz CT molecular complexity index is 508. The summed E-state index contributed by atoms with van der Waals surface area (Å²) in [6.45, 7) is 11.4. The Labute approximate surface area is 134 Å². The molecule has 1 aromatic carbocycles. The summed E-state index contributed by atoms with van der Waals surface area (Å²) in [5.41, 5.74) is 10.2. The molecule has 0 radical (unpaired) electrons. The van der Waals surface area contributed by atoms with Crippen LogP contribution in [-0.2, 0) is 0 Å². The Kier molecular flexibility index (Phi) is 4.22. The lowest BCUT2D eigenvalue weighted by molar-refractivity contribution is 0.280. The van der Waals surface area contributed by atoms with Crippen LogP contribution in [0.2, 0.25) is 0 Å². The smallest absolute Gasteiger partial charge is 0.0620 e.